The van der Waals surface area contributed by atoms with Crippen molar-refractivity contribution < 1.29 is 14.4 Å². The Morgan fingerprint density at radius 3 is 2.04 bits per heavy atom. The summed E-state index contributed by atoms with van der Waals surface area (Å²) in [5.41, 5.74) is 8.86. The first kappa shape index (κ1) is 16.7. The highest BCUT2D eigenvalue weighted by Gasteiger charge is 2.12. The number of carbonyl (C=O) groups is 3. The lowest BCUT2D eigenvalue weighted by atomic mass is 10.1. The number of carbonyl (C=O) groups excluding carboxylic acids is 3. The average Bonchev–Trinajstić information content (AvgIpc) is 3.02. The Bertz CT molecular complexity index is 725. The van der Waals surface area contributed by atoms with Crippen molar-refractivity contribution in [2.75, 3.05) is 0 Å². The molecular formula is C15H16N4O3S. The van der Waals surface area contributed by atoms with Crippen LogP contribution in [0.3, 0.4) is 0 Å². The van der Waals surface area contributed by atoms with E-state index in [2.05, 4.69) is 5.32 Å². The summed E-state index contributed by atoms with van der Waals surface area (Å²) in [6.07, 6.45) is 0.188. The second-order valence-corrected chi connectivity index (χ2v) is 5.86. The van der Waals surface area contributed by atoms with Gasteiger partial charge in [0.25, 0.3) is 11.8 Å². The van der Waals surface area contributed by atoms with Gasteiger partial charge in [-0.3, -0.25) is 19.8 Å². The maximum atomic E-state index is 12.0. The van der Waals surface area contributed by atoms with Crippen LogP contribution >= 0.6 is 11.3 Å². The molecule has 120 valence electrons. The first-order valence-corrected chi connectivity index (χ1v) is 7.56. The summed E-state index contributed by atoms with van der Waals surface area (Å²) >= 11 is 1.06. The molecule has 8 heteroatoms. The van der Waals surface area contributed by atoms with Crippen molar-refractivity contribution in [2.24, 2.45) is 11.6 Å². The SMILES string of the molecule is NNC(=O)c1ccc(C(=O)NCc2ccc(CC(N)=O)cc2)s1. The van der Waals surface area contributed by atoms with Gasteiger partial charge in [0, 0.05) is 6.54 Å². The van der Waals surface area contributed by atoms with Crippen molar-refractivity contribution in [1.29, 1.82) is 0 Å². The van der Waals surface area contributed by atoms with E-state index in [9.17, 15) is 14.4 Å². The maximum Gasteiger partial charge on any atom is 0.275 e. The monoisotopic (exact) mass is 332 g/mol. The van der Waals surface area contributed by atoms with E-state index < -0.39 is 5.91 Å². The van der Waals surface area contributed by atoms with Gasteiger partial charge in [-0.25, -0.2) is 5.84 Å². The molecule has 1 aromatic heterocycles. The lowest BCUT2D eigenvalue weighted by Crippen LogP contribution is -2.29. The third kappa shape index (κ3) is 4.63. The van der Waals surface area contributed by atoms with Crippen LogP contribution in [-0.2, 0) is 17.8 Å². The highest BCUT2D eigenvalue weighted by atomic mass is 32.1. The number of hydrogen-bond donors (Lipinski definition) is 4. The third-order valence-corrected chi connectivity index (χ3v) is 4.12. The van der Waals surface area contributed by atoms with Crippen molar-refractivity contribution in [3.63, 3.8) is 0 Å². The number of hydrazine groups is 1. The number of hydrogen-bond acceptors (Lipinski definition) is 5. The molecule has 0 atom stereocenters. The van der Waals surface area contributed by atoms with E-state index in [-0.39, 0.29) is 18.2 Å². The van der Waals surface area contributed by atoms with Crippen LogP contribution < -0.4 is 22.3 Å². The van der Waals surface area contributed by atoms with E-state index in [1.54, 1.807) is 24.3 Å². The summed E-state index contributed by atoms with van der Waals surface area (Å²) in [7, 11) is 0. The maximum absolute atomic E-state index is 12.0. The van der Waals surface area contributed by atoms with Crippen molar-refractivity contribution >= 4 is 29.1 Å². The minimum atomic E-state index is -0.431. The molecule has 0 saturated heterocycles. The van der Waals surface area contributed by atoms with E-state index in [1.807, 2.05) is 17.6 Å². The molecule has 0 saturated carbocycles. The van der Waals surface area contributed by atoms with E-state index in [0.717, 1.165) is 22.5 Å². The number of amides is 3. The van der Waals surface area contributed by atoms with Crippen LogP contribution in [0, 0.1) is 0 Å². The summed E-state index contributed by atoms with van der Waals surface area (Å²) in [5, 5.41) is 2.76. The molecule has 6 N–H and O–H groups in total. The van der Waals surface area contributed by atoms with Crippen LogP contribution in [-0.4, -0.2) is 17.7 Å². The minimum absolute atomic E-state index is 0.188. The third-order valence-electron chi connectivity index (χ3n) is 3.04. The van der Waals surface area contributed by atoms with Crippen molar-refractivity contribution in [1.82, 2.24) is 10.7 Å². The Hall–Kier alpha value is -2.71. The Labute approximate surface area is 136 Å². The lowest BCUT2D eigenvalue weighted by Gasteiger charge is -2.05. The number of rotatable bonds is 6. The van der Waals surface area contributed by atoms with Crippen molar-refractivity contribution in [3.8, 4) is 0 Å². The van der Waals surface area contributed by atoms with Crippen LogP contribution in [0.2, 0.25) is 0 Å². The predicted octanol–water partition coefficient (Wildman–Crippen LogP) is 0.309. The van der Waals surface area contributed by atoms with E-state index in [0.29, 0.717) is 16.3 Å². The molecule has 0 bridgehead atoms. The number of benzene rings is 1. The van der Waals surface area contributed by atoms with Gasteiger partial charge in [-0.05, 0) is 23.3 Å². The number of nitrogen functional groups attached to an aromatic ring is 1. The van der Waals surface area contributed by atoms with Crippen molar-refractivity contribution in [3.05, 3.63) is 57.3 Å². The molecule has 23 heavy (non-hydrogen) atoms. The topological polar surface area (TPSA) is 127 Å². The number of nitrogens with two attached hydrogens (primary N) is 2. The molecule has 3 amide bonds. The molecule has 0 radical (unpaired) electrons. The fourth-order valence-corrected chi connectivity index (χ4v) is 2.72. The predicted molar refractivity (Wildman–Crippen MR) is 86.5 cm³/mol. The van der Waals surface area contributed by atoms with E-state index in [4.69, 9.17) is 11.6 Å². The fraction of sp³-hybridized carbons (Fsp3) is 0.133. The number of thiophene rings is 1. The minimum Gasteiger partial charge on any atom is -0.369 e. The number of primary amides is 1. The van der Waals surface area contributed by atoms with Gasteiger partial charge in [0.2, 0.25) is 5.91 Å². The first-order valence-electron chi connectivity index (χ1n) is 6.74. The van der Waals surface area contributed by atoms with Gasteiger partial charge < -0.3 is 11.1 Å². The summed E-state index contributed by atoms with van der Waals surface area (Å²) in [4.78, 5) is 35.0. The second-order valence-electron chi connectivity index (χ2n) is 4.78. The molecule has 7 nitrogen and oxygen atoms in total. The smallest absolute Gasteiger partial charge is 0.275 e. The summed E-state index contributed by atoms with van der Waals surface area (Å²) in [6.45, 7) is 0.339. The van der Waals surface area contributed by atoms with Crippen LogP contribution in [0.4, 0.5) is 0 Å². The summed E-state index contributed by atoms with van der Waals surface area (Å²) in [5.74, 6) is 3.95. The molecule has 0 aliphatic rings. The molecule has 2 rings (SSSR count). The Morgan fingerprint density at radius 2 is 1.48 bits per heavy atom. The van der Waals surface area contributed by atoms with Gasteiger partial charge in [-0.2, -0.15) is 0 Å². The zero-order valence-corrected chi connectivity index (χ0v) is 13.0. The van der Waals surface area contributed by atoms with E-state index >= 15 is 0 Å². The molecule has 0 unspecified atom stereocenters. The zero-order chi connectivity index (χ0) is 16.8. The highest BCUT2D eigenvalue weighted by Crippen LogP contribution is 2.16. The quantitative estimate of drug-likeness (QED) is 0.345. The molecule has 1 aromatic carbocycles. The molecule has 0 aliphatic carbocycles. The van der Waals surface area contributed by atoms with Crippen LogP contribution in [0.25, 0.3) is 0 Å². The van der Waals surface area contributed by atoms with Gasteiger partial charge >= 0.3 is 0 Å². The first-order chi connectivity index (χ1) is 11.0. The van der Waals surface area contributed by atoms with Gasteiger partial charge in [-0.1, -0.05) is 24.3 Å². The zero-order valence-electron chi connectivity index (χ0n) is 12.2. The van der Waals surface area contributed by atoms with Crippen LogP contribution in [0.1, 0.15) is 30.5 Å². The normalized spacial score (nSPS) is 10.1. The lowest BCUT2D eigenvalue weighted by molar-refractivity contribution is -0.117. The summed E-state index contributed by atoms with van der Waals surface area (Å²) < 4.78 is 0. The van der Waals surface area contributed by atoms with Gasteiger partial charge in [-0.15, -0.1) is 11.3 Å². The highest BCUT2D eigenvalue weighted by molar-refractivity contribution is 7.15. The fourth-order valence-electron chi connectivity index (χ4n) is 1.90. The number of nitrogens with one attached hydrogen (secondary N) is 2. The molecule has 0 spiro atoms. The van der Waals surface area contributed by atoms with Gasteiger partial charge in [0.05, 0.1) is 16.2 Å². The van der Waals surface area contributed by atoms with Gasteiger partial charge in [0.1, 0.15) is 0 Å². The van der Waals surface area contributed by atoms with Crippen LogP contribution in [0.15, 0.2) is 36.4 Å². The molecule has 0 fully saturated rings. The van der Waals surface area contributed by atoms with Crippen molar-refractivity contribution in [2.45, 2.75) is 13.0 Å². The second kappa shape index (κ2) is 7.52. The molecule has 1 heterocycles. The van der Waals surface area contributed by atoms with Crippen LogP contribution in [0.5, 0.6) is 0 Å². The Kier molecular flexibility index (Phi) is 5.45. The Balaban J connectivity index is 1.92. The molecule has 2 aromatic rings. The Morgan fingerprint density at radius 1 is 0.913 bits per heavy atom. The summed E-state index contributed by atoms with van der Waals surface area (Å²) in [6, 6.07) is 10.3. The average molecular weight is 332 g/mol. The standard InChI is InChI=1S/C15H16N4O3S/c16-13(20)7-9-1-3-10(4-2-9)8-18-14(21)11-5-6-12(23-11)15(22)19-17/h1-6H,7-8,17H2,(H2,16,20)(H,18,21)(H,19,22). The van der Waals surface area contributed by atoms with E-state index in [1.165, 1.54) is 0 Å². The molecular weight excluding hydrogens is 316 g/mol. The molecule has 0 aliphatic heterocycles. The largest absolute Gasteiger partial charge is 0.369 e. The van der Waals surface area contributed by atoms with Gasteiger partial charge in [0.15, 0.2) is 0 Å².